The predicted molar refractivity (Wildman–Crippen MR) is 102 cm³/mol. The van der Waals surface area contributed by atoms with Crippen molar-refractivity contribution in [3.63, 3.8) is 0 Å². The van der Waals surface area contributed by atoms with E-state index in [1.54, 1.807) is 13.3 Å². The van der Waals surface area contributed by atoms with E-state index >= 15 is 0 Å². The molecule has 3 aromatic rings. The lowest BCUT2D eigenvalue weighted by molar-refractivity contribution is 0.414. The number of benzene rings is 2. The first-order chi connectivity index (χ1) is 11.7. The molecule has 3 rings (SSSR count). The second kappa shape index (κ2) is 7.14. The summed E-state index contributed by atoms with van der Waals surface area (Å²) >= 11 is 4.76. The average molecular weight is 338 g/mol. The molecule has 0 aliphatic heterocycles. The molecule has 5 nitrogen and oxygen atoms in total. The second-order valence-electron chi connectivity index (χ2n) is 5.32. The molecule has 0 atom stereocenters. The SMILES string of the molecule is COc1cccc(Cn2cc(C=NNC(N)=S)c3ccccc32)c1. The van der Waals surface area contributed by atoms with Crippen molar-refractivity contribution in [1.29, 1.82) is 0 Å². The van der Waals surface area contributed by atoms with Gasteiger partial charge in [-0.15, -0.1) is 0 Å². The van der Waals surface area contributed by atoms with Crippen LogP contribution in [0.3, 0.4) is 0 Å². The fourth-order valence-corrected chi connectivity index (χ4v) is 2.69. The average Bonchev–Trinajstić information content (AvgIpc) is 2.93. The first-order valence-corrected chi connectivity index (χ1v) is 7.87. The molecule has 3 N–H and O–H groups in total. The number of hydrogen-bond acceptors (Lipinski definition) is 3. The van der Waals surface area contributed by atoms with Gasteiger partial charge in [0.15, 0.2) is 5.11 Å². The zero-order valence-electron chi connectivity index (χ0n) is 13.3. The van der Waals surface area contributed by atoms with Crippen molar-refractivity contribution < 1.29 is 4.74 Å². The van der Waals surface area contributed by atoms with Gasteiger partial charge in [-0.2, -0.15) is 5.10 Å². The third kappa shape index (κ3) is 3.55. The molecule has 0 aliphatic carbocycles. The number of nitrogens with zero attached hydrogens (tertiary/aromatic N) is 2. The Morgan fingerprint density at radius 1 is 1.29 bits per heavy atom. The fraction of sp³-hybridized carbons (Fsp3) is 0.111. The second-order valence-corrected chi connectivity index (χ2v) is 5.76. The van der Waals surface area contributed by atoms with E-state index in [-0.39, 0.29) is 5.11 Å². The van der Waals surface area contributed by atoms with Crippen LogP contribution in [0.4, 0.5) is 0 Å². The van der Waals surface area contributed by atoms with E-state index < -0.39 is 0 Å². The number of hydrogen-bond donors (Lipinski definition) is 2. The highest BCUT2D eigenvalue weighted by Crippen LogP contribution is 2.22. The Hall–Kier alpha value is -2.86. The van der Waals surface area contributed by atoms with E-state index in [1.807, 2.05) is 30.3 Å². The maximum absolute atomic E-state index is 5.39. The van der Waals surface area contributed by atoms with E-state index in [1.165, 1.54) is 5.56 Å². The van der Waals surface area contributed by atoms with E-state index in [4.69, 9.17) is 22.7 Å². The van der Waals surface area contributed by atoms with Crippen LogP contribution in [-0.4, -0.2) is 23.0 Å². The molecule has 0 aliphatic rings. The number of nitrogens with two attached hydrogens (primary N) is 1. The summed E-state index contributed by atoms with van der Waals surface area (Å²) < 4.78 is 7.48. The van der Waals surface area contributed by atoms with Gasteiger partial charge in [-0.25, -0.2) is 0 Å². The van der Waals surface area contributed by atoms with Gasteiger partial charge in [0.25, 0.3) is 0 Å². The summed E-state index contributed by atoms with van der Waals surface area (Å²) in [5, 5.41) is 5.33. The van der Waals surface area contributed by atoms with Crippen LogP contribution in [0.5, 0.6) is 5.75 Å². The monoisotopic (exact) mass is 338 g/mol. The van der Waals surface area contributed by atoms with Crippen LogP contribution >= 0.6 is 12.2 Å². The Bertz CT molecular complexity index is 901. The fourth-order valence-electron chi connectivity index (χ4n) is 2.64. The van der Waals surface area contributed by atoms with Crippen LogP contribution in [-0.2, 0) is 6.54 Å². The number of para-hydroxylation sites is 1. The van der Waals surface area contributed by atoms with E-state index in [0.717, 1.165) is 28.8 Å². The smallest absolute Gasteiger partial charge is 0.184 e. The molecule has 0 amide bonds. The topological polar surface area (TPSA) is 64.6 Å². The molecule has 6 heteroatoms. The largest absolute Gasteiger partial charge is 0.497 e. The van der Waals surface area contributed by atoms with Crippen molar-refractivity contribution in [2.45, 2.75) is 6.54 Å². The van der Waals surface area contributed by atoms with E-state index in [0.29, 0.717) is 0 Å². The van der Waals surface area contributed by atoms with Gasteiger partial charge in [-0.05, 0) is 36.0 Å². The Morgan fingerprint density at radius 2 is 2.12 bits per heavy atom. The summed E-state index contributed by atoms with van der Waals surface area (Å²) in [4.78, 5) is 0. The van der Waals surface area contributed by atoms with Gasteiger partial charge in [0.1, 0.15) is 5.75 Å². The number of nitrogens with one attached hydrogen (secondary N) is 1. The van der Waals surface area contributed by atoms with E-state index in [9.17, 15) is 0 Å². The number of hydrazone groups is 1. The molecule has 1 heterocycles. The third-order valence-corrected chi connectivity index (χ3v) is 3.78. The standard InChI is InChI=1S/C18H18N4OS/c1-23-15-6-4-5-13(9-15)11-22-12-14(10-20-21-18(19)24)16-7-2-3-8-17(16)22/h2-10,12H,11H2,1H3,(H3,19,21,24). The number of aromatic nitrogens is 1. The molecule has 0 unspecified atom stereocenters. The summed E-state index contributed by atoms with van der Waals surface area (Å²) in [5.74, 6) is 0.853. The van der Waals surface area contributed by atoms with Crippen molar-refractivity contribution in [3.8, 4) is 5.75 Å². The molecule has 122 valence electrons. The number of thiocarbonyl (C=S) groups is 1. The summed E-state index contributed by atoms with van der Waals surface area (Å²) in [7, 11) is 1.67. The Balaban J connectivity index is 1.95. The molecule has 0 saturated carbocycles. The quantitative estimate of drug-likeness (QED) is 0.426. The van der Waals surface area contributed by atoms with Crippen LogP contribution in [0.2, 0.25) is 0 Å². The lowest BCUT2D eigenvalue weighted by atomic mass is 10.2. The first kappa shape index (κ1) is 16.0. The Morgan fingerprint density at radius 3 is 2.92 bits per heavy atom. The van der Waals surface area contributed by atoms with E-state index in [2.05, 4.69) is 39.5 Å². The minimum atomic E-state index is 0.145. The highest BCUT2D eigenvalue weighted by Gasteiger charge is 2.07. The number of ether oxygens (including phenoxy) is 1. The van der Waals surface area contributed by atoms with Gasteiger partial charge in [-0.3, -0.25) is 5.43 Å². The highest BCUT2D eigenvalue weighted by molar-refractivity contribution is 7.80. The predicted octanol–water partition coefficient (Wildman–Crippen LogP) is 2.87. The van der Waals surface area contributed by atoms with Gasteiger partial charge in [-0.1, -0.05) is 30.3 Å². The summed E-state index contributed by atoms with van der Waals surface area (Å²) in [6.45, 7) is 0.744. The zero-order valence-corrected chi connectivity index (χ0v) is 14.1. The van der Waals surface area contributed by atoms with Crippen LogP contribution in [0.25, 0.3) is 10.9 Å². The first-order valence-electron chi connectivity index (χ1n) is 7.46. The molecule has 2 aromatic carbocycles. The third-order valence-electron chi connectivity index (χ3n) is 3.68. The normalized spacial score (nSPS) is 11.0. The molecule has 0 fully saturated rings. The van der Waals surface area contributed by atoms with Gasteiger partial charge in [0, 0.05) is 29.2 Å². The summed E-state index contributed by atoms with van der Waals surface area (Å²) in [6, 6.07) is 16.3. The highest BCUT2D eigenvalue weighted by atomic mass is 32.1. The lowest BCUT2D eigenvalue weighted by Gasteiger charge is -2.07. The molecule has 1 aromatic heterocycles. The van der Waals surface area contributed by atoms with Gasteiger partial charge < -0.3 is 15.0 Å². The molecular formula is C18H18N4OS. The molecule has 0 bridgehead atoms. The van der Waals surface area contributed by atoms with Crippen LogP contribution < -0.4 is 15.9 Å². The number of fused-ring (bicyclic) bond motifs is 1. The van der Waals surface area contributed by atoms with Crippen molar-refractivity contribution in [2.75, 3.05) is 7.11 Å². The van der Waals surface area contributed by atoms with Crippen LogP contribution in [0, 0.1) is 0 Å². The molecular weight excluding hydrogens is 320 g/mol. The number of rotatable bonds is 5. The minimum absolute atomic E-state index is 0.145. The van der Waals surface area contributed by atoms with Crippen LogP contribution in [0.15, 0.2) is 59.8 Å². The van der Waals surface area contributed by atoms with Crippen molar-refractivity contribution >= 4 is 34.4 Å². The Labute approximate surface area is 145 Å². The zero-order chi connectivity index (χ0) is 16.9. The summed E-state index contributed by atoms with van der Waals surface area (Å²) in [6.07, 6.45) is 3.79. The number of methoxy groups -OCH3 is 1. The van der Waals surface area contributed by atoms with Gasteiger partial charge in [0.05, 0.1) is 13.3 Å². The maximum atomic E-state index is 5.39. The van der Waals surface area contributed by atoms with Crippen LogP contribution in [0.1, 0.15) is 11.1 Å². The van der Waals surface area contributed by atoms with Crippen molar-refractivity contribution in [3.05, 3.63) is 65.9 Å². The maximum Gasteiger partial charge on any atom is 0.184 e. The lowest BCUT2D eigenvalue weighted by Crippen LogP contribution is -2.23. The molecule has 0 spiro atoms. The molecule has 24 heavy (non-hydrogen) atoms. The van der Waals surface area contributed by atoms with Crippen molar-refractivity contribution in [1.82, 2.24) is 9.99 Å². The van der Waals surface area contributed by atoms with Crippen molar-refractivity contribution in [2.24, 2.45) is 10.8 Å². The Kier molecular flexibility index (Phi) is 4.77. The molecule has 0 saturated heterocycles. The molecule has 0 radical (unpaired) electrons. The minimum Gasteiger partial charge on any atom is -0.497 e. The van der Waals surface area contributed by atoms with Gasteiger partial charge >= 0.3 is 0 Å². The van der Waals surface area contributed by atoms with Gasteiger partial charge in [0.2, 0.25) is 0 Å². The summed E-state index contributed by atoms with van der Waals surface area (Å²) in [5.41, 5.74) is 11.3.